The molecule has 0 radical (unpaired) electrons. The minimum atomic E-state index is 0.101. The lowest BCUT2D eigenvalue weighted by molar-refractivity contribution is 0.0737. The Morgan fingerprint density at radius 3 is 2.41 bits per heavy atom. The van der Waals surface area contributed by atoms with Crippen LogP contribution < -0.4 is 4.90 Å². The Balaban J connectivity index is 1.50. The van der Waals surface area contributed by atoms with E-state index >= 15 is 0 Å². The molecule has 0 N–H and O–H groups in total. The highest BCUT2D eigenvalue weighted by Crippen LogP contribution is 2.24. The largest absolute Gasteiger partial charge is 0.368 e. The predicted molar refractivity (Wildman–Crippen MR) is 107 cm³/mol. The topological polar surface area (TPSA) is 44.6 Å². The van der Waals surface area contributed by atoms with Gasteiger partial charge in [0.05, 0.1) is 0 Å². The molecule has 1 aromatic heterocycles. The fraction of sp³-hybridized carbons (Fsp3) is 0.524. The second kappa shape index (κ2) is 7.72. The normalized spacial score (nSPS) is 17.9. The summed E-state index contributed by atoms with van der Waals surface area (Å²) in [6, 6.07) is 10.4. The molecule has 4 rings (SSSR count). The second-order valence-electron chi connectivity index (χ2n) is 7.32. The monoisotopic (exact) mass is 367 g/mol. The van der Waals surface area contributed by atoms with Gasteiger partial charge in [-0.15, -0.1) is 0 Å². The van der Waals surface area contributed by atoms with Gasteiger partial charge in [-0.25, -0.2) is 0 Å². The van der Waals surface area contributed by atoms with Crippen LogP contribution in [0.3, 0.4) is 0 Å². The third-order valence-electron chi connectivity index (χ3n) is 5.85. The van der Waals surface area contributed by atoms with E-state index in [1.165, 1.54) is 11.4 Å². The molecule has 0 aliphatic carbocycles. The number of anilines is 1. The summed E-state index contributed by atoms with van der Waals surface area (Å²) >= 11 is 0. The molecule has 27 heavy (non-hydrogen) atoms. The van der Waals surface area contributed by atoms with E-state index < -0.39 is 0 Å². The minimum absolute atomic E-state index is 0.101. The van der Waals surface area contributed by atoms with Crippen molar-refractivity contribution in [3.63, 3.8) is 0 Å². The van der Waals surface area contributed by atoms with Crippen LogP contribution >= 0.6 is 0 Å². The van der Waals surface area contributed by atoms with Gasteiger partial charge in [-0.05, 0) is 25.6 Å². The summed E-state index contributed by atoms with van der Waals surface area (Å²) in [6.45, 7) is 11.3. The highest BCUT2D eigenvalue weighted by atomic mass is 16.2. The summed E-state index contributed by atoms with van der Waals surface area (Å²) in [6.07, 6.45) is 0.985. The Bertz CT molecular complexity index is 792. The zero-order valence-corrected chi connectivity index (χ0v) is 16.4. The van der Waals surface area contributed by atoms with E-state index in [0.717, 1.165) is 64.3 Å². The molecule has 1 fully saturated rings. The fourth-order valence-corrected chi connectivity index (χ4v) is 4.21. The molecule has 6 nitrogen and oxygen atoms in total. The zero-order valence-electron chi connectivity index (χ0n) is 16.4. The number of nitrogens with zero attached hydrogens (tertiary/aromatic N) is 5. The van der Waals surface area contributed by atoms with E-state index in [9.17, 15) is 4.79 Å². The molecule has 2 aliphatic heterocycles. The average Bonchev–Trinajstić information content (AvgIpc) is 3.12. The summed E-state index contributed by atoms with van der Waals surface area (Å²) in [7, 11) is 0. The lowest BCUT2D eigenvalue weighted by Gasteiger charge is -2.36. The number of fused-ring (bicyclic) bond motifs is 1. The van der Waals surface area contributed by atoms with Crippen LogP contribution in [0.5, 0.6) is 0 Å². The van der Waals surface area contributed by atoms with Gasteiger partial charge in [0.2, 0.25) is 0 Å². The van der Waals surface area contributed by atoms with E-state index in [4.69, 9.17) is 5.10 Å². The quantitative estimate of drug-likeness (QED) is 0.831. The molecule has 0 atom stereocenters. The van der Waals surface area contributed by atoms with Crippen LogP contribution in [0, 0.1) is 0 Å². The lowest BCUT2D eigenvalue weighted by atomic mass is 10.0. The number of carbonyl (C=O) groups excluding carboxylic acids is 1. The van der Waals surface area contributed by atoms with Gasteiger partial charge in [0.15, 0.2) is 5.69 Å². The molecule has 2 aromatic rings. The van der Waals surface area contributed by atoms with Crippen molar-refractivity contribution in [3.8, 4) is 0 Å². The minimum Gasteiger partial charge on any atom is -0.368 e. The number of piperazine rings is 1. The molecule has 0 saturated carbocycles. The van der Waals surface area contributed by atoms with Crippen molar-refractivity contribution in [1.29, 1.82) is 0 Å². The van der Waals surface area contributed by atoms with Crippen LogP contribution in [-0.2, 0) is 19.5 Å². The number of benzene rings is 1. The van der Waals surface area contributed by atoms with Crippen LogP contribution in [0.15, 0.2) is 30.3 Å². The first-order chi connectivity index (χ1) is 13.2. The summed E-state index contributed by atoms with van der Waals surface area (Å²) in [4.78, 5) is 20.0. The van der Waals surface area contributed by atoms with Crippen LogP contribution in [0.25, 0.3) is 0 Å². The van der Waals surface area contributed by atoms with Crippen LogP contribution in [-0.4, -0.2) is 64.8 Å². The molecule has 6 heteroatoms. The Labute approximate surface area is 161 Å². The highest BCUT2D eigenvalue weighted by molar-refractivity contribution is 5.94. The molecule has 1 saturated heterocycles. The molecule has 0 bridgehead atoms. The Morgan fingerprint density at radius 1 is 1.00 bits per heavy atom. The SMILES string of the molecule is CCN1CCc2c(c(C(=O)N3CCN(c4ccccc4)CC3)nn2CC)C1. The smallest absolute Gasteiger partial charge is 0.274 e. The van der Waals surface area contributed by atoms with E-state index in [1.54, 1.807) is 0 Å². The number of para-hydroxylation sites is 1. The number of carbonyl (C=O) groups is 1. The van der Waals surface area contributed by atoms with Crippen molar-refractivity contribution < 1.29 is 4.79 Å². The summed E-state index contributed by atoms with van der Waals surface area (Å²) in [5.41, 5.74) is 4.32. The molecule has 0 unspecified atom stereocenters. The average molecular weight is 367 g/mol. The van der Waals surface area contributed by atoms with Crippen molar-refractivity contribution >= 4 is 11.6 Å². The predicted octanol–water partition coefficient (Wildman–Crippen LogP) is 2.24. The first-order valence-corrected chi connectivity index (χ1v) is 10.1. The number of aryl methyl sites for hydroxylation is 1. The maximum atomic E-state index is 13.3. The van der Waals surface area contributed by atoms with E-state index in [-0.39, 0.29) is 5.91 Å². The van der Waals surface area contributed by atoms with Gasteiger partial charge in [0, 0.05) is 69.2 Å². The zero-order chi connectivity index (χ0) is 18.8. The Morgan fingerprint density at radius 2 is 1.74 bits per heavy atom. The van der Waals surface area contributed by atoms with Crippen molar-refractivity contribution in [2.45, 2.75) is 33.4 Å². The van der Waals surface area contributed by atoms with E-state index in [0.29, 0.717) is 5.69 Å². The molecule has 1 amide bonds. The standard InChI is InChI=1S/C21H29N5O/c1-3-23-11-10-19-18(16-23)20(22-26(19)4-2)21(27)25-14-12-24(13-15-25)17-8-6-5-7-9-17/h5-9H,3-4,10-16H2,1-2H3. The molecule has 1 aromatic carbocycles. The Kier molecular flexibility index (Phi) is 5.16. The maximum Gasteiger partial charge on any atom is 0.274 e. The first-order valence-electron chi connectivity index (χ1n) is 10.1. The number of hydrogen-bond acceptors (Lipinski definition) is 4. The molecule has 2 aliphatic rings. The Hall–Kier alpha value is -2.34. The van der Waals surface area contributed by atoms with Crippen LogP contribution in [0.4, 0.5) is 5.69 Å². The van der Waals surface area contributed by atoms with Gasteiger partial charge in [0.1, 0.15) is 0 Å². The van der Waals surface area contributed by atoms with Gasteiger partial charge >= 0.3 is 0 Å². The van der Waals surface area contributed by atoms with Crippen molar-refractivity contribution in [2.75, 3.05) is 44.2 Å². The van der Waals surface area contributed by atoms with Crippen molar-refractivity contribution in [3.05, 3.63) is 47.3 Å². The number of likely N-dealkylation sites (N-methyl/N-ethyl adjacent to an activating group) is 1. The van der Waals surface area contributed by atoms with Gasteiger partial charge in [-0.1, -0.05) is 25.1 Å². The molecule has 144 valence electrons. The number of amides is 1. The van der Waals surface area contributed by atoms with Crippen LogP contribution in [0.2, 0.25) is 0 Å². The fourth-order valence-electron chi connectivity index (χ4n) is 4.21. The summed E-state index contributed by atoms with van der Waals surface area (Å²) in [5.74, 6) is 0.101. The first kappa shape index (κ1) is 18.0. The van der Waals surface area contributed by atoms with Gasteiger partial charge < -0.3 is 9.80 Å². The maximum absolute atomic E-state index is 13.3. The third kappa shape index (κ3) is 3.46. The van der Waals surface area contributed by atoms with Gasteiger partial charge in [0.25, 0.3) is 5.91 Å². The molecular weight excluding hydrogens is 338 g/mol. The van der Waals surface area contributed by atoms with Gasteiger partial charge in [-0.3, -0.25) is 14.4 Å². The number of hydrogen-bond donors (Lipinski definition) is 0. The highest BCUT2D eigenvalue weighted by Gasteiger charge is 2.31. The third-order valence-corrected chi connectivity index (χ3v) is 5.85. The van der Waals surface area contributed by atoms with Crippen molar-refractivity contribution in [2.24, 2.45) is 0 Å². The van der Waals surface area contributed by atoms with Crippen molar-refractivity contribution in [1.82, 2.24) is 19.6 Å². The summed E-state index contributed by atoms with van der Waals surface area (Å²) < 4.78 is 2.04. The summed E-state index contributed by atoms with van der Waals surface area (Å²) in [5, 5.41) is 4.72. The molecule has 3 heterocycles. The van der Waals surface area contributed by atoms with Gasteiger partial charge in [-0.2, -0.15) is 5.10 Å². The second-order valence-corrected chi connectivity index (χ2v) is 7.32. The molecular formula is C21H29N5O. The lowest BCUT2D eigenvalue weighted by Crippen LogP contribution is -2.49. The number of aromatic nitrogens is 2. The van der Waals surface area contributed by atoms with E-state index in [1.807, 2.05) is 15.6 Å². The van der Waals surface area contributed by atoms with Crippen LogP contribution in [0.1, 0.15) is 35.6 Å². The number of rotatable bonds is 4. The molecule has 0 spiro atoms. The van der Waals surface area contributed by atoms with E-state index in [2.05, 4.69) is 47.9 Å².